The summed E-state index contributed by atoms with van der Waals surface area (Å²) in [5.41, 5.74) is 15.6. The molecule has 21 radical (unpaired) electrons. The molecule has 27 heteroatoms. The molecule has 0 aromatic heterocycles. The smallest absolute Gasteiger partial charge is 0.119 e. The van der Waals surface area contributed by atoms with E-state index >= 15 is 0 Å². The van der Waals surface area contributed by atoms with Crippen LogP contribution in [0.15, 0.2) is 84.9 Å². The van der Waals surface area contributed by atoms with Crippen molar-refractivity contribution < 1.29 is 718 Å². The standard InChI is InChI=1S/C67H80O6.21Y/c1-40-29-62(70)54(46-17-9-5-10-18-46)36-50(40)66(51-37-55(63(71)30-41(51)2)47-19-11-6-12-20-47)58-34-44(25-27-60(58)68)33-45-26-28-61(69)59(35-45)67(52-38-56(64(72)31-42(52)3)48-21-13-7-14-22-48)53-39-57(65(73)32-43(53)4)49-23-15-8-16-24-49;;;;;;;;;;;;;;;;;;;;;/h25-32,34-39,46-49,66-73H,5-24,33H2,1-4H3;;;;;;;;;;;;;;;;;;;;;. The Balaban J connectivity index is -0.000000320. The van der Waals surface area contributed by atoms with Crippen LogP contribution in [0.2, 0.25) is 0 Å². The SMILES string of the molecule is Cc1cc(O)c(C2CCCCC2)cc1C(c1cc(C2CCCCC2)c(O)cc1C)c1cc(Cc2ccc(O)c(C(c3cc(C4CCCCC4)c(O)cc3C)c3cc(C4CCCCC4)c(O)cc3C)c2)ccc1O.[Y].[Y].[Y].[Y].[Y].[Y].[Y].[Y].[Y].[Y].[Y].[Y].[Y].[Y].[Y].[Y].[Y].[Y].[Y].[Y].[Y]. The minimum atomic E-state index is -0.378. The first-order chi connectivity index (χ1) is 35.3. The van der Waals surface area contributed by atoms with Gasteiger partial charge in [0.15, 0.2) is 0 Å². The molecule has 6 aromatic rings. The molecule has 6 nitrogen and oxygen atoms in total. The predicted molar refractivity (Wildman–Crippen MR) is 296 cm³/mol. The maximum absolute atomic E-state index is 12.2. The van der Waals surface area contributed by atoms with Gasteiger partial charge in [-0.3, -0.25) is 0 Å². The number of aryl methyl sites for hydroxylation is 4. The van der Waals surface area contributed by atoms with E-state index < -0.39 is 0 Å². The molecule has 0 spiro atoms. The zero-order valence-corrected chi connectivity index (χ0v) is 116. The molecule has 0 atom stereocenters. The molecule has 447 valence electrons. The van der Waals surface area contributed by atoms with Crippen LogP contribution in [0.3, 0.4) is 0 Å². The van der Waals surface area contributed by atoms with Crippen molar-refractivity contribution in [2.45, 2.75) is 198 Å². The Morgan fingerprint density at radius 1 is 0.245 bits per heavy atom. The van der Waals surface area contributed by atoms with Gasteiger partial charge in [-0.25, -0.2) is 0 Å². The van der Waals surface area contributed by atoms with Gasteiger partial charge in [0.2, 0.25) is 0 Å². The Kier molecular flexibility index (Phi) is 104. The quantitative estimate of drug-likeness (QED) is 0.0679. The van der Waals surface area contributed by atoms with Gasteiger partial charge in [0.05, 0.1) is 0 Å². The van der Waals surface area contributed by atoms with Gasteiger partial charge >= 0.3 is 0 Å². The number of phenolic OH excluding ortho intramolecular Hbond substituents is 6. The van der Waals surface area contributed by atoms with Crippen LogP contribution in [0.4, 0.5) is 0 Å². The molecular formula is C67H80O6Y21. The molecule has 4 fully saturated rings. The van der Waals surface area contributed by atoms with E-state index in [2.05, 4.69) is 64.1 Å². The minimum Gasteiger partial charge on any atom is -0.508 e. The first-order valence-corrected chi connectivity index (χ1v) is 28.3. The Hall–Kier alpha value is 17.3. The average Bonchev–Trinajstić information content (AvgIpc) is 1.40. The maximum atomic E-state index is 12.2. The number of rotatable bonds is 12. The number of phenols is 6. The summed E-state index contributed by atoms with van der Waals surface area (Å²) in [4.78, 5) is 0. The molecule has 0 aliphatic heterocycles. The molecule has 4 aliphatic carbocycles. The van der Waals surface area contributed by atoms with E-state index in [0.717, 1.165) is 192 Å². The summed E-state index contributed by atoms with van der Waals surface area (Å²) >= 11 is 0. The number of benzene rings is 6. The van der Waals surface area contributed by atoms with Crippen molar-refractivity contribution in [3.8, 4) is 34.5 Å². The Morgan fingerprint density at radius 2 is 0.436 bits per heavy atom. The van der Waals surface area contributed by atoms with E-state index in [4.69, 9.17) is 0 Å². The van der Waals surface area contributed by atoms with Crippen molar-refractivity contribution in [1.29, 1.82) is 0 Å². The van der Waals surface area contributed by atoms with E-state index in [9.17, 15) is 30.6 Å². The second-order valence-corrected chi connectivity index (χ2v) is 23.2. The van der Waals surface area contributed by atoms with E-state index in [-0.39, 0.29) is 734 Å². The molecule has 0 saturated heterocycles. The van der Waals surface area contributed by atoms with Gasteiger partial charge in [-0.05, 0) is 223 Å². The third-order valence-electron chi connectivity index (χ3n) is 18.3. The Morgan fingerprint density at radius 3 is 0.628 bits per heavy atom. The summed E-state index contributed by atoms with van der Waals surface area (Å²) in [6.45, 7) is 8.28. The first kappa shape index (κ1) is 137. The van der Waals surface area contributed by atoms with Crippen LogP contribution in [0.25, 0.3) is 0 Å². The maximum Gasteiger partial charge on any atom is 0.119 e. The van der Waals surface area contributed by atoms with Crippen LogP contribution in [-0.4, -0.2) is 30.6 Å². The number of hydrogen-bond acceptors (Lipinski definition) is 6. The van der Waals surface area contributed by atoms with Crippen LogP contribution in [0, 0.1) is 27.7 Å². The molecule has 6 N–H and O–H groups in total. The van der Waals surface area contributed by atoms with E-state index in [1.165, 1.54) is 25.7 Å². The zero-order chi connectivity index (χ0) is 50.9. The van der Waals surface area contributed by atoms with Gasteiger partial charge in [0, 0.05) is 710 Å². The van der Waals surface area contributed by atoms with Gasteiger partial charge in [-0.1, -0.05) is 126 Å². The molecule has 6 aromatic carbocycles. The van der Waals surface area contributed by atoms with Crippen molar-refractivity contribution in [1.82, 2.24) is 0 Å². The Labute approximate surface area is 1090 Å². The van der Waals surface area contributed by atoms with Gasteiger partial charge in [-0.2, -0.15) is 0 Å². The number of aromatic hydroxyl groups is 6. The third-order valence-corrected chi connectivity index (χ3v) is 18.3. The number of hydrogen-bond donors (Lipinski definition) is 6. The zero-order valence-electron chi connectivity index (χ0n) is 56.2. The molecule has 0 unspecified atom stereocenters. The van der Waals surface area contributed by atoms with Crippen LogP contribution in [0.5, 0.6) is 34.5 Å². The molecule has 4 aliphatic rings. The van der Waals surface area contributed by atoms with Gasteiger partial charge in [-0.15, -0.1) is 0 Å². The van der Waals surface area contributed by atoms with Crippen LogP contribution in [-0.2, 0) is 693 Å². The summed E-state index contributed by atoms with van der Waals surface area (Å²) in [6, 6.07) is 28.6. The summed E-state index contributed by atoms with van der Waals surface area (Å²) in [7, 11) is 0. The third kappa shape index (κ3) is 38.2. The molecule has 0 amide bonds. The molecule has 0 heterocycles. The van der Waals surface area contributed by atoms with Crippen molar-refractivity contribution in [3.63, 3.8) is 0 Å². The predicted octanol–water partition coefficient (Wildman–Crippen LogP) is 17.2. The first-order valence-electron chi connectivity index (χ1n) is 28.3. The summed E-state index contributed by atoms with van der Waals surface area (Å²) in [5.74, 6) is 2.11. The van der Waals surface area contributed by atoms with Crippen LogP contribution in [0.1, 0.15) is 253 Å². The summed E-state index contributed by atoms with van der Waals surface area (Å²) < 4.78 is 0. The fourth-order valence-electron chi connectivity index (χ4n) is 14.2. The molecule has 10 rings (SSSR count). The molecule has 94 heavy (non-hydrogen) atoms. The van der Waals surface area contributed by atoms with E-state index in [0.29, 0.717) is 29.4 Å². The molecular weight excluding hydrogens is 2770 g/mol. The fraction of sp³-hybridized carbons (Fsp3) is 0.463. The van der Waals surface area contributed by atoms with Gasteiger partial charge < -0.3 is 30.6 Å². The topological polar surface area (TPSA) is 121 Å². The van der Waals surface area contributed by atoms with Crippen molar-refractivity contribution in [2.75, 3.05) is 0 Å². The minimum absolute atomic E-state index is 0. The van der Waals surface area contributed by atoms with Crippen LogP contribution < -0.4 is 0 Å². The second kappa shape index (κ2) is 70.9. The average molecular weight is 2850 g/mol. The Bertz CT molecular complexity index is 2670. The van der Waals surface area contributed by atoms with Crippen molar-refractivity contribution >= 4 is 0 Å². The summed E-state index contributed by atoms with van der Waals surface area (Å²) in [6.07, 6.45) is 22.9. The molecule has 4 saturated carbocycles. The van der Waals surface area contributed by atoms with Crippen molar-refractivity contribution in [3.05, 3.63) is 174 Å². The second-order valence-electron chi connectivity index (χ2n) is 23.2. The van der Waals surface area contributed by atoms with Crippen molar-refractivity contribution in [2.24, 2.45) is 0 Å². The largest absolute Gasteiger partial charge is 0.508 e. The van der Waals surface area contributed by atoms with E-state index in [1.54, 1.807) is 0 Å². The summed E-state index contributed by atoms with van der Waals surface area (Å²) in [5, 5.41) is 70.6. The normalized spacial score (nSPS) is 13.8. The van der Waals surface area contributed by atoms with Gasteiger partial charge in [0.25, 0.3) is 0 Å². The van der Waals surface area contributed by atoms with Gasteiger partial charge in [0.1, 0.15) is 34.5 Å². The monoisotopic (exact) mass is 2850 g/mol. The fourth-order valence-corrected chi connectivity index (χ4v) is 14.2. The van der Waals surface area contributed by atoms with E-state index in [1.807, 2.05) is 48.5 Å². The molecule has 0 bridgehead atoms. The van der Waals surface area contributed by atoms with Crippen LogP contribution >= 0.6 is 0 Å².